The second-order valence-electron chi connectivity index (χ2n) is 6.44. The van der Waals surface area contributed by atoms with Gasteiger partial charge in [-0.25, -0.2) is 4.79 Å². The Hall–Kier alpha value is -3.40. The van der Waals surface area contributed by atoms with Gasteiger partial charge in [0.05, 0.1) is 0 Å². The van der Waals surface area contributed by atoms with Crippen LogP contribution in [0, 0.1) is 13.8 Å². The zero-order valence-electron chi connectivity index (χ0n) is 15.2. The van der Waals surface area contributed by atoms with Gasteiger partial charge in [-0.05, 0) is 26.0 Å². The molecular formula is C23H20O4. The number of ketones is 1. The molecule has 0 unspecified atom stereocenters. The molecule has 0 heterocycles. The van der Waals surface area contributed by atoms with Gasteiger partial charge in [-0.3, -0.25) is 4.79 Å². The molecule has 1 atom stereocenters. The van der Waals surface area contributed by atoms with Gasteiger partial charge in [0.25, 0.3) is 0 Å². The lowest BCUT2D eigenvalue weighted by Gasteiger charge is -2.18. The molecule has 0 fully saturated rings. The Kier molecular flexibility index (Phi) is 5.36. The smallest absolute Gasteiger partial charge is 0.342 e. The van der Waals surface area contributed by atoms with Crippen LogP contribution in [-0.4, -0.2) is 16.9 Å². The molecule has 0 aliphatic rings. The maximum absolute atomic E-state index is 13.1. The Morgan fingerprint density at radius 3 is 1.96 bits per heavy atom. The van der Waals surface area contributed by atoms with Crippen LogP contribution < -0.4 is 0 Å². The first-order valence-corrected chi connectivity index (χ1v) is 8.62. The normalized spacial score (nSPS) is 11.6. The predicted octanol–water partition coefficient (Wildman–Crippen LogP) is 4.79. The molecule has 0 spiro atoms. The van der Waals surface area contributed by atoms with Gasteiger partial charge in [-0.2, -0.15) is 0 Å². The second kappa shape index (κ2) is 7.87. The lowest BCUT2D eigenvalue weighted by atomic mass is 9.98. The minimum Gasteiger partial charge on any atom is -0.507 e. The molecule has 0 saturated carbocycles. The van der Waals surface area contributed by atoms with Crippen molar-refractivity contribution in [2.24, 2.45) is 0 Å². The highest BCUT2D eigenvalue weighted by Crippen LogP contribution is 2.26. The first-order chi connectivity index (χ1) is 13.0. The minimum absolute atomic E-state index is 0.0197. The van der Waals surface area contributed by atoms with Crippen molar-refractivity contribution >= 4 is 11.8 Å². The topological polar surface area (TPSA) is 63.6 Å². The highest BCUT2D eigenvalue weighted by molar-refractivity contribution is 6.02. The number of Topliss-reactive ketones (excluding diaryl/α,β-unsaturated/α-hetero) is 1. The minimum atomic E-state index is -1.10. The Balaban J connectivity index is 1.96. The maximum Gasteiger partial charge on any atom is 0.342 e. The molecule has 0 aromatic heterocycles. The highest BCUT2D eigenvalue weighted by atomic mass is 16.5. The molecule has 3 rings (SSSR count). The SMILES string of the molecule is Cc1ccc(C(=O)[C@@H](OC(=O)c2ccccc2O)c2ccc(C)cc2)cc1. The Morgan fingerprint density at radius 2 is 1.37 bits per heavy atom. The first-order valence-electron chi connectivity index (χ1n) is 8.62. The Morgan fingerprint density at radius 1 is 0.815 bits per heavy atom. The molecule has 136 valence electrons. The summed E-state index contributed by atoms with van der Waals surface area (Å²) < 4.78 is 5.54. The maximum atomic E-state index is 13.1. The van der Waals surface area contributed by atoms with E-state index >= 15 is 0 Å². The van der Waals surface area contributed by atoms with Crippen LogP contribution in [-0.2, 0) is 4.74 Å². The number of carbonyl (C=O) groups excluding carboxylic acids is 2. The summed E-state index contributed by atoms with van der Waals surface area (Å²) in [6.45, 7) is 3.87. The van der Waals surface area contributed by atoms with Crippen molar-refractivity contribution in [2.45, 2.75) is 20.0 Å². The standard InChI is InChI=1S/C23H20O4/c1-15-7-11-17(12-8-15)21(25)22(18-13-9-16(2)10-14-18)27-23(26)19-5-3-4-6-20(19)24/h3-14,22,24H,1-2H3/t22-/m0/s1. The molecule has 0 aliphatic heterocycles. The third kappa shape index (κ3) is 4.23. The van der Waals surface area contributed by atoms with Crippen LogP contribution in [0.25, 0.3) is 0 Å². The van der Waals surface area contributed by atoms with E-state index in [1.54, 1.807) is 36.4 Å². The van der Waals surface area contributed by atoms with E-state index in [-0.39, 0.29) is 17.1 Å². The van der Waals surface area contributed by atoms with E-state index in [0.717, 1.165) is 11.1 Å². The molecule has 4 heteroatoms. The van der Waals surface area contributed by atoms with Crippen LogP contribution in [0.1, 0.15) is 43.5 Å². The molecule has 0 radical (unpaired) electrons. The third-order valence-corrected chi connectivity index (χ3v) is 4.30. The van der Waals surface area contributed by atoms with Crippen LogP contribution in [0.15, 0.2) is 72.8 Å². The molecule has 27 heavy (non-hydrogen) atoms. The molecule has 0 aliphatic carbocycles. The van der Waals surface area contributed by atoms with Crippen molar-refractivity contribution in [3.8, 4) is 5.75 Å². The Labute approximate surface area is 158 Å². The lowest BCUT2D eigenvalue weighted by Crippen LogP contribution is -2.20. The van der Waals surface area contributed by atoms with E-state index in [2.05, 4.69) is 0 Å². The summed E-state index contributed by atoms with van der Waals surface area (Å²) in [5.74, 6) is -1.25. The van der Waals surface area contributed by atoms with Gasteiger partial charge >= 0.3 is 5.97 Å². The van der Waals surface area contributed by atoms with Crippen molar-refractivity contribution in [1.29, 1.82) is 0 Å². The number of aryl methyl sites for hydroxylation is 2. The number of hydrogen-bond donors (Lipinski definition) is 1. The third-order valence-electron chi connectivity index (χ3n) is 4.30. The largest absolute Gasteiger partial charge is 0.507 e. The highest BCUT2D eigenvalue weighted by Gasteiger charge is 2.27. The van der Waals surface area contributed by atoms with Crippen LogP contribution >= 0.6 is 0 Å². The summed E-state index contributed by atoms with van der Waals surface area (Å²) in [5, 5.41) is 9.90. The zero-order valence-corrected chi connectivity index (χ0v) is 15.2. The van der Waals surface area contributed by atoms with E-state index in [4.69, 9.17) is 4.74 Å². The summed E-state index contributed by atoms with van der Waals surface area (Å²) in [7, 11) is 0. The fraction of sp³-hybridized carbons (Fsp3) is 0.130. The monoisotopic (exact) mass is 360 g/mol. The number of para-hydroxylation sites is 1. The van der Waals surface area contributed by atoms with Crippen LogP contribution in [0.2, 0.25) is 0 Å². The summed E-state index contributed by atoms with van der Waals surface area (Å²) in [6.07, 6.45) is -1.10. The average molecular weight is 360 g/mol. The molecule has 3 aromatic rings. The molecule has 0 bridgehead atoms. The van der Waals surface area contributed by atoms with Crippen molar-refractivity contribution < 1.29 is 19.4 Å². The number of phenols is 1. The number of esters is 1. The fourth-order valence-electron chi connectivity index (χ4n) is 2.70. The quantitative estimate of drug-likeness (QED) is 0.525. The molecular weight excluding hydrogens is 340 g/mol. The van der Waals surface area contributed by atoms with Crippen molar-refractivity contribution in [3.63, 3.8) is 0 Å². The average Bonchev–Trinajstić information content (AvgIpc) is 2.67. The van der Waals surface area contributed by atoms with E-state index in [1.165, 1.54) is 12.1 Å². The fourth-order valence-corrected chi connectivity index (χ4v) is 2.70. The van der Waals surface area contributed by atoms with E-state index in [0.29, 0.717) is 11.1 Å². The summed E-state index contributed by atoms with van der Waals surface area (Å²) in [4.78, 5) is 25.6. The molecule has 0 amide bonds. The summed E-state index contributed by atoms with van der Waals surface area (Å²) in [5.41, 5.74) is 3.12. The number of ether oxygens (including phenoxy) is 1. The predicted molar refractivity (Wildman–Crippen MR) is 103 cm³/mol. The van der Waals surface area contributed by atoms with Gasteiger partial charge in [0.2, 0.25) is 5.78 Å². The van der Waals surface area contributed by atoms with Crippen LogP contribution in [0.3, 0.4) is 0 Å². The van der Waals surface area contributed by atoms with Crippen LogP contribution in [0.4, 0.5) is 0 Å². The Bertz CT molecular complexity index is 956. The number of carbonyl (C=O) groups is 2. The number of rotatable bonds is 5. The molecule has 3 aromatic carbocycles. The first kappa shape index (κ1) is 18.4. The van der Waals surface area contributed by atoms with Gasteiger partial charge in [0.1, 0.15) is 11.3 Å². The van der Waals surface area contributed by atoms with Crippen LogP contribution in [0.5, 0.6) is 5.75 Å². The number of phenolic OH excluding ortho intramolecular Hbond substituents is 1. The van der Waals surface area contributed by atoms with Gasteiger partial charge in [0, 0.05) is 11.1 Å². The zero-order chi connectivity index (χ0) is 19.4. The van der Waals surface area contributed by atoms with E-state index in [1.807, 2.05) is 38.1 Å². The summed E-state index contributed by atoms with van der Waals surface area (Å²) in [6, 6.07) is 20.5. The second-order valence-corrected chi connectivity index (χ2v) is 6.44. The van der Waals surface area contributed by atoms with Crippen molar-refractivity contribution in [2.75, 3.05) is 0 Å². The van der Waals surface area contributed by atoms with Crippen molar-refractivity contribution in [1.82, 2.24) is 0 Å². The van der Waals surface area contributed by atoms with Gasteiger partial charge in [0.15, 0.2) is 6.10 Å². The van der Waals surface area contributed by atoms with E-state index < -0.39 is 12.1 Å². The molecule has 0 saturated heterocycles. The van der Waals surface area contributed by atoms with Gasteiger partial charge in [-0.1, -0.05) is 71.8 Å². The molecule has 1 N–H and O–H groups in total. The number of benzene rings is 3. The van der Waals surface area contributed by atoms with Gasteiger partial charge in [-0.15, -0.1) is 0 Å². The van der Waals surface area contributed by atoms with Crippen molar-refractivity contribution in [3.05, 3.63) is 101 Å². The van der Waals surface area contributed by atoms with Gasteiger partial charge < -0.3 is 9.84 Å². The summed E-state index contributed by atoms with van der Waals surface area (Å²) >= 11 is 0. The van der Waals surface area contributed by atoms with E-state index in [9.17, 15) is 14.7 Å². The molecule has 4 nitrogen and oxygen atoms in total. The number of aromatic hydroxyl groups is 1. The lowest BCUT2D eigenvalue weighted by molar-refractivity contribution is 0.0277. The number of hydrogen-bond acceptors (Lipinski definition) is 4.